The molecular formula is C18H21N5O3. The van der Waals surface area contributed by atoms with Crippen molar-refractivity contribution in [2.75, 3.05) is 31.2 Å². The van der Waals surface area contributed by atoms with Gasteiger partial charge in [0.1, 0.15) is 0 Å². The van der Waals surface area contributed by atoms with Crippen molar-refractivity contribution in [3.05, 3.63) is 56.2 Å². The second kappa shape index (κ2) is 6.45. The van der Waals surface area contributed by atoms with Crippen LogP contribution in [0.25, 0.3) is 11.2 Å². The van der Waals surface area contributed by atoms with Gasteiger partial charge >= 0.3 is 5.69 Å². The number of nitrogens with one attached hydrogen (secondary N) is 1. The average molecular weight is 355 g/mol. The molecule has 8 nitrogen and oxygen atoms in total. The Labute approximate surface area is 149 Å². The monoisotopic (exact) mass is 355 g/mol. The van der Waals surface area contributed by atoms with Crippen LogP contribution < -0.4 is 16.1 Å². The van der Waals surface area contributed by atoms with Gasteiger partial charge < -0.3 is 9.64 Å². The lowest BCUT2D eigenvalue weighted by Gasteiger charge is -2.28. The van der Waals surface area contributed by atoms with E-state index < -0.39 is 11.2 Å². The summed E-state index contributed by atoms with van der Waals surface area (Å²) in [7, 11) is 1.62. The fourth-order valence-corrected chi connectivity index (χ4v) is 3.37. The number of morpholine rings is 1. The number of benzene rings is 1. The molecule has 4 rings (SSSR count). The summed E-state index contributed by atoms with van der Waals surface area (Å²) in [4.78, 5) is 33.7. The minimum atomic E-state index is -0.462. The zero-order chi connectivity index (χ0) is 18.3. The van der Waals surface area contributed by atoms with Gasteiger partial charge in [0, 0.05) is 20.1 Å². The molecule has 0 aliphatic carbocycles. The zero-order valence-electron chi connectivity index (χ0n) is 14.9. The Balaban J connectivity index is 1.93. The van der Waals surface area contributed by atoms with E-state index in [0.29, 0.717) is 50.0 Å². The third-order valence-corrected chi connectivity index (χ3v) is 4.70. The number of hydrogen-bond acceptors (Lipinski definition) is 5. The number of ether oxygens (including phenoxy) is 1. The molecular weight excluding hydrogens is 334 g/mol. The molecule has 1 aliphatic rings. The fraction of sp³-hybridized carbons (Fsp3) is 0.389. The van der Waals surface area contributed by atoms with Crippen LogP contribution in [-0.2, 0) is 18.3 Å². The van der Waals surface area contributed by atoms with Crippen LogP contribution in [0, 0.1) is 6.92 Å². The molecule has 1 saturated heterocycles. The van der Waals surface area contributed by atoms with Crippen molar-refractivity contribution in [2.45, 2.75) is 13.5 Å². The normalized spacial score (nSPS) is 14.9. The first kappa shape index (κ1) is 16.6. The second-order valence-electron chi connectivity index (χ2n) is 6.58. The van der Waals surface area contributed by atoms with Crippen LogP contribution >= 0.6 is 0 Å². The van der Waals surface area contributed by atoms with E-state index in [4.69, 9.17) is 4.74 Å². The van der Waals surface area contributed by atoms with Crippen molar-refractivity contribution in [1.29, 1.82) is 0 Å². The maximum Gasteiger partial charge on any atom is 0.329 e. The highest BCUT2D eigenvalue weighted by atomic mass is 16.5. The first-order chi connectivity index (χ1) is 12.5. The molecule has 8 heteroatoms. The molecule has 1 fully saturated rings. The molecule has 0 saturated carbocycles. The Morgan fingerprint density at radius 3 is 2.73 bits per heavy atom. The van der Waals surface area contributed by atoms with Gasteiger partial charge in [0.2, 0.25) is 5.95 Å². The first-order valence-electron chi connectivity index (χ1n) is 8.62. The molecule has 3 aromatic rings. The lowest BCUT2D eigenvalue weighted by molar-refractivity contribution is 0.121. The number of anilines is 1. The van der Waals surface area contributed by atoms with E-state index in [1.807, 2.05) is 29.7 Å². The average Bonchev–Trinajstić information content (AvgIpc) is 3.00. The van der Waals surface area contributed by atoms with Gasteiger partial charge in [-0.2, -0.15) is 4.98 Å². The molecule has 0 unspecified atom stereocenters. The van der Waals surface area contributed by atoms with E-state index in [1.165, 1.54) is 4.57 Å². The van der Waals surface area contributed by atoms with E-state index in [0.717, 1.165) is 11.1 Å². The number of nitrogens with zero attached hydrogens (tertiary/aromatic N) is 4. The van der Waals surface area contributed by atoms with Crippen LogP contribution in [0.4, 0.5) is 5.95 Å². The summed E-state index contributed by atoms with van der Waals surface area (Å²) in [6.07, 6.45) is 0. The summed E-state index contributed by atoms with van der Waals surface area (Å²) in [5.41, 5.74) is 2.16. The van der Waals surface area contributed by atoms with E-state index in [9.17, 15) is 9.59 Å². The fourth-order valence-electron chi connectivity index (χ4n) is 3.37. The van der Waals surface area contributed by atoms with Gasteiger partial charge in [0.25, 0.3) is 5.56 Å². The second-order valence-corrected chi connectivity index (χ2v) is 6.58. The van der Waals surface area contributed by atoms with E-state index in [1.54, 1.807) is 7.05 Å². The van der Waals surface area contributed by atoms with Crippen LogP contribution in [-0.4, -0.2) is 45.4 Å². The number of aryl methyl sites for hydroxylation is 2. The van der Waals surface area contributed by atoms with Crippen molar-refractivity contribution in [2.24, 2.45) is 7.05 Å². The zero-order valence-corrected chi connectivity index (χ0v) is 14.9. The van der Waals surface area contributed by atoms with Gasteiger partial charge in [-0.25, -0.2) is 4.79 Å². The third kappa shape index (κ3) is 2.82. The summed E-state index contributed by atoms with van der Waals surface area (Å²) in [6.45, 7) is 5.17. The highest BCUT2D eigenvalue weighted by Crippen LogP contribution is 2.22. The molecule has 2 aromatic heterocycles. The van der Waals surface area contributed by atoms with Crippen molar-refractivity contribution in [3.63, 3.8) is 0 Å². The number of H-pyrrole nitrogens is 1. The molecule has 136 valence electrons. The predicted octanol–water partition coefficient (Wildman–Crippen LogP) is 0.617. The lowest BCUT2D eigenvalue weighted by atomic mass is 10.1. The summed E-state index contributed by atoms with van der Waals surface area (Å²) < 4.78 is 8.71. The summed E-state index contributed by atoms with van der Waals surface area (Å²) in [6, 6.07) is 8.15. The van der Waals surface area contributed by atoms with E-state index in [2.05, 4.69) is 20.9 Å². The minimum absolute atomic E-state index is 0.396. The Hall–Kier alpha value is -2.87. The Kier molecular flexibility index (Phi) is 4.12. The van der Waals surface area contributed by atoms with Gasteiger partial charge in [-0.3, -0.25) is 18.9 Å². The minimum Gasteiger partial charge on any atom is -0.378 e. The molecule has 1 aliphatic heterocycles. The van der Waals surface area contributed by atoms with Crippen molar-refractivity contribution in [1.82, 2.24) is 19.1 Å². The number of fused-ring (bicyclic) bond motifs is 1. The maximum atomic E-state index is 12.6. The lowest BCUT2D eigenvalue weighted by Crippen LogP contribution is -2.38. The van der Waals surface area contributed by atoms with Crippen molar-refractivity contribution >= 4 is 17.1 Å². The topological polar surface area (TPSA) is 85.2 Å². The highest BCUT2D eigenvalue weighted by molar-refractivity contribution is 5.74. The highest BCUT2D eigenvalue weighted by Gasteiger charge is 2.23. The Morgan fingerprint density at radius 2 is 2.00 bits per heavy atom. The van der Waals surface area contributed by atoms with Gasteiger partial charge in [-0.05, 0) is 12.5 Å². The van der Waals surface area contributed by atoms with Gasteiger partial charge in [-0.15, -0.1) is 0 Å². The molecule has 0 amide bonds. The molecule has 1 aromatic carbocycles. The molecule has 3 heterocycles. The quantitative estimate of drug-likeness (QED) is 0.744. The molecule has 0 radical (unpaired) electrons. The first-order valence-corrected chi connectivity index (χ1v) is 8.62. The summed E-state index contributed by atoms with van der Waals surface area (Å²) >= 11 is 0. The van der Waals surface area contributed by atoms with Crippen LogP contribution in [0.3, 0.4) is 0 Å². The summed E-state index contributed by atoms with van der Waals surface area (Å²) in [5.74, 6) is 0.691. The van der Waals surface area contributed by atoms with Crippen LogP contribution in [0.15, 0.2) is 33.9 Å². The van der Waals surface area contributed by atoms with Crippen molar-refractivity contribution < 1.29 is 4.74 Å². The van der Waals surface area contributed by atoms with Gasteiger partial charge in [-0.1, -0.05) is 29.8 Å². The number of rotatable bonds is 3. The standard InChI is InChI=1S/C18H21N5O3/c1-12-4-3-5-13(10-12)11-23-14-15(21(2)18(25)20-16(14)24)19-17(23)22-6-8-26-9-7-22/h3-5,10H,6-9,11H2,1-2H3,(H,20,24,25). The van der Waals surface area contributed by atoms with Crippen LogP contribution in [0.1, 0.15) is 11.1 Å². The van der Waals surface area contributed by atoms with Gasteiger partial charge in [0.15, 0.2) is 11.2 Å². The molecule has 0 bridgehead atoms. The van der Waals surface area contributed by atoms with E-state index in [-0.39, 0.29) is 0 Å². The SMILES string of the molecule is Cc1cccc(Cn2c(N3CCOCC3)nc3c2c(=O)[nH]c(=O)n3C)c1. The number of imidazole rings is 1. The van der Waals surface area contributed by atoms with E-state index >= 15 is 0 Å². The number of aromatic nitrogens is 4. The summed E-state index contributed by atoms with van der Waals surface area (Å²) in [5, 5.41) is 0. The molecule has 0 atom stereocenters. The largest absolute Gasteiger partial charge is 0.378 e. The predicted molar refractivity (Wildman–Crippen MR) is 98.9 cm³/mol. The number of aromatic amines is 1. The molecule has 1 N–H and O–H groups in total. The number of hydrogen-bond donors (Lipinski definition) is 1. The maximum absolute atomic E-state index is 12.6. The molecule has 0 spiro atoms. The van der Waals surface area contributed by atoms with Crippen LogP contribution in [0.5, 0.6) is 0 Å². The van der Waals surface area contributed by atoms with Crippen molar-refractivity contribution in [3.8, 4) is 0 Å². The smallest absolute Gasteiger partial charge is 0.329 e. The molecule has 26 heavy (non-hydrogen) atoms. The van der Waals surface area contributed by atoms with Gasteiger partial charge in [0.05, 0.1) is 19.8 Å². The third-order valence-electron chi connectivity index (χ3n) is 4.70. The Bertz CT molecular complexity index is 1070. The van der Waals surface area contributed by atoms with Crippen LogP contribution in [0.2, 0.25) is 0 Å². The Morgan fingerprint density at radius 1 is 1.23 bits per heavy atom.